The van der Waals surface area contributed by atoms with Crippen LogP contribution in [0.15, 0.2) is 29.5 Å². The third-order valence-corrected chi connectivity index (χ3v) is 2.56. The van der Waals surface area contributed by atoms with Crippen LogP contribution in [0.2, 0.25) is 0 Å². The van der Waals surface area contributed by atoms with E-state index in [1.165, 1.54) is 27.8 Å². The summed E-state index contributed by atoms with van der Waals surface area (Å²) in [4.78, 5) is 27.3. The van der Waals surface area contributed by atoms with Crippen molar-refractivity contribution in [3.05, 3.63) is 35.0 Å². The molecule has 0 aliphatic rings. The summed E-state index contributed by atoms with van der Waals surface area (Å²) in [5.41, 5.74) is 0.349. The van der Waals surface area contributed by atoms with Crippen LogP contribution in [0.5, 0.6) is 0 Å². The molecule has 2 heterocycles. The number of carbonyl (C=O) groups is 1. The number of hydrogen-bond donors (Lipinski definition) is 0. The molecule has 0 N–H and O–H groups in total. The predicted molar refractivity (Wildman–Crippen MR) is 68.5 cm³/mol. The number of allylic oxidation sites excluding steroid dienone is 1. The van der Waals surface area contributed by atoms with Gasteiger partial charge < -0.3 is 4.74 Å². The van der Waals surface area contributed by atoms with Gasteiger partial charge in [-0.3, -0.25) is 14.0 Å². The number of aryl methyl sites for hydroxylation is 1. The monoisotopic (exact) mass is 262 g/mol. The van der Waals surface area contributed by atoms with Crippen LogP contribution in [0.3, 0.4) is 0 Å². The van der Waals surface area contributed by atoms with Crippen molar-refractivity contribution in [1.29, 1.82) is 0 Å². The fourth-order valence-electron chi connectivity index (χ4n) is 1.65. The lowest BCUT2D eigenvalue weighted by Crippen LogP contribution is -2.19. The van der Waals surface area contributed by atoms with Gasteiger partial charge >= 0.3 is 5.97 Å². The molecule has 19 heavy (non-hydrogen) atoms. The first-order valence-electron chi connectivity index (χ1n) is 5.84. The van der Waals surface area contributed by atoms with Crippen molar-refractivity contribution in [2.24, 2.45) is 7.05 Å². The van der Waals surface area contributed by atoms with Gasteiger partial charge in [-0.05, 0) is 6.92 Å². The van der Waals surface area contributed by atoms with Crippen LogP contribution < -0.4 is 5.56 Å². The van der Waals surface area contributed by atoms with Gasteiger partial charge in [-0.15, -0.1) is 0 Å². The largest absolute Gasteiger partial charge is 0.463 e. The van der Waals surface area contributed by atoms with Crippen LogP contribution >= 0.6 is 0 Å². The molecular formula is C12H14N4O3. The highest BCUT2D eigenvalue weighted by Crippen LogP contribution is 2.02. The highest BCUT2D eigenvalue weighted by molar-refractivity contribution is 5.81. The lowest BCUT2D eigenvalue weighted by atomic mass is 10.4. The molecule has 0 saturated carbocycles. The van der Waals surface area contributed by atoms with Gasteiger partial charge in [-0.25, -0.2) is 9.78 Å². The van der Waals surface area contributed by atoms with E-state index in [0.717, 1.165) is 0 Å². The molecule has 0 bridgehead atoms. The van der Waals surface area contributed by atoms with Crippen LogP contribution in [0, 0.1) is 0 Å². The summed E-state index contributed by atoms with van der Waals surface area (Å²) in [6, 6.07) is 0. The summed E-state index contributed by atoms with van der Waals surface area (Å²) < 4.78 is 7.68. The van der Waals surface area contributed by atoms with Crippen LogP contribution in [-0.2, 0) is 23.1 Å². The number of hydrogen-bond acceptors (Lipinski definition) is 5. The lowest BCUT2D eigenvalue weighted by molar-refractivity contribution is -0.137. The molecule has 2 rings (SSSR count). The van der Waals surface area contributed by atoms with Gasteiger partial charge in [0.2, 0.25) is 0 Å². The van der Waals surface area contributed by atoms with Crippen molar-refractivity contribution in [3.8, 4) is 0 Å². The quantitative estimate of drug-likeness (QED) is 0.583. The summed E-state index contributed by atoms with van der Waals surface area (Å²) in [7, 11) is 1.72. The number of carbonyl (C=O) groups excluding carboxylic acids is 1. The van der Waals surface area contributed by atoms with Crippen molar-refractivity contribution in [3.63, 3.8) is 0 Å². The van der Waals surface area contributed by atoms with E-state index in [-0.39, 0.29) is 12.1 Å². The van der Waals surface area contributed by atoms with Gasteiger partial charge in [0.15, 0.2) is 5.65 Å². The third kappa shape index (κ3) is 2.70. The molecule has 2 aromatic heterocycles. The van der Waals surface area contributed by atoms with E-state index in [4.69, 9.17) is 4.74 Å². The third-order valence-electron chi connectivity index (χ3n) is 2.56. The number of fused-ring (bicyclic) bond motifs is 1. The Morgan fingerprint density at radius 3 is 3.05 bits per heavy atom. The molecule has 0 aliphatic carbocycles. The molecule has 7 nitrogen and oxygen atoms in total. The maximum absolute atomic E-state index is 12.1. The minimum absolute atomic E-state index is 0.188. The van der Waals surface area contributed by atoms with Crippen molar-refractivity contribution in [2.45, 2.75) is 13.5 Å². The molecule has 0 aromatic carbocycles. The Kier molecular flexibility index (Phi) is 3.74. The van der Waals surface area contributed by atoms with Crippen LogP contribution in [-0.4, -0.2) is 31.9 Å². The smallest absolute Gasteiger partial charge is 0.330 e. The van der Waals surface area contributed by atoms with Crippen molar-refractivity contribution < 1.29 is 9.53 Å². The van der Waals surface area contributed by atoms with E-state index in [0.29, 0.717) is 17.6 Å². The van der Waals surface area contributed by atoms with Crippen LogP contribution in [0.25, 0.3) is 11.0 Å². The van der Waals surface area contributed by atoms with Crippen molar-refractivity contribution in [1.82, 2.24) is 19.3 Å². The van der Waals surface area contributed by atoms with Crippen molar-refractivity contribution >= 4 is 17.0 Å². The fraction of sp³-hybridized carbons (Fsp3) is 0.333. The topological polar surface area (TPSA) is 79.0 Å². The number of aromatic nitrogens is 4. The number of rotatable bonds is 4. The fourth-order valence-corrected chi connectivity index (χ4v) is 1.65. The second-order valence-electron chi connectivity index (χ2n) is 3.86. The predicted octanol–water partition coefficient (Wildman–Crippen LogP) is 0.249. The molecule has 100 valence electrons. The molecule has 2 aromatic rings. The molecule has 0 saturated heterocycles. The Hall–Kier alpha value is -2.44. The highest BCUT2D eigenvalue weighted by atomic mass is 16.5. The molecule has 0 atom stereocenters. The van der Waals surface area contributed by atoms with E-state index < -0.39 is 5.97 Å². The SMILES string of the molecule is CCOC(=O)/C=C/Cn1cnc2c(cnn2C)c1=O. The lowest BCUT2D eigenvalue weighted by Gasteiger charge is -2.01. The van der Waals surface area contributed by atoms with Gasteiger partial charge in [0.1, 0.15) is 11.7 Å². The minimum Gasteiger partial charge on any atom is -0.463 e. The second kappa shape index (κ2) is 5.47. The molecule has 0 spiro atoms. The Balaban J connectivity index is 2.20. The summed E-state index contributed by atoms with van der Waals surface area (Å²) in [6.07, 6.45) is 5.77. The molecular weight excluding hydrogens is 248 g/mol. The Bertz CT molecular complexity index is 684. The molecule has 0 unspecified atom stereocenters. The summed E-state index contributed by atoms with van der Waals surface area (Å²) in [5, 5.41) is 4.43. The van der Waals surface area contributed by atoms with E-state index in [1.54, 1.807) is 20.0 Å². The van der Waals surface area contributed by atoms with Crippen LogP contribution in [0.1, 0.15) is 6.92 Å². The number of ether oxygens (including phenoxy) is 1. The van der Waals surface area contributed by atoms with Gasteiger partial charge in [0.25, 0.3) is 5.56 Å². The Labute approximate surface area is 109 Å². The van der Waals surface area contributed by atoms with E-state index in [2.05, 4.69) is 10.1 Å². The van der Waals surface area contributed by atoms with E-state index in [1.807, 2.05) is 0 Å². The van der Waals surface area contributed by atoms with Gasteiger partial charge in [-0.2, -0.15) is 5.10 Å². The second-order valence-corrected chi connectivity index (χ2v) is 3.86. The zero-order valence-corrected chi connectivity index (χ0v) is 10.7. The van der Waals surface area contributed by atoms with Gasteiger partial charge in [-0.1, -0.05) is 6.08 Å². The maximum atomic E-state index is 12.1. The summed E-state index contributed by atoms with van der Waals surface area (Å²) >= 11 is 0. The first-order chi connectivity index (χ1) is 9.13. The zero-order valence-electron chi connectivity index (χ0n) is 10.7. The number of nitrogens with zero attached hydrogens (tertiary/aromatic N) is 4. The maximum Gasteiger partial charge on any atom is 0.330 e. The molecule has 0 fully saturated rings. The zero-order chi connectivity index (χ0) is 13.8. The average molecular weight is 262 g/mol. The van der Waals surface area contributed by atoms with Gasteiger partial charge in [0, 0.05) is 19.7 Å². The minimum atomic E-state index is -0.425. The summed E-state index contributed by atoms with van der Waals surface area (Å²) in [5.74, 6) is -0.425. The Morgan fingerprint density at radius 1 is 1.53 bits per heavy atom. The normalized spacial score (nSPS) is 11.3. The average Bonchev–Trinajstić information content (AvgIpc) is 2.75. The molecule has 0 radical (unpaired) electrons. The Morgan fingerprint density at radius 2 is 2.32 bits per heavy atom. The molecule has 0 aliphatic heterocycles. The van der Waals surface area contributed by atoms with Crippen LogP contribution in [0.4, 0.5) is 0 Å². The standard InChI is InChI=1S/C12H14N4O3/c1-3-19-10(17)5-4-6-16-8-13-11-9(12(16)18)7-14-15(11)2/h4-5,7-8H,3,6H2,1-2H3/b5-4+. The first kappa shape index (κ1) is 13.0. The van der Waals surface area contributed by atoms with Gasteiger partial charge in [0.05, 0.1) is 12.8 Å². The molecule has 0 amide bonds. The highest BCUT2D eigenvalue weighted by Gasteiger charge is 2.06. The summed E-state index contributed by atoms with van der Waals surface area (Å²) in [6.45, 7) is 2.32. The van der Waals surface area contributed by atoms with Crippen molar-refractivity contribution in [2.75, 3.05) is 6.61 Å². The van der Waals surface area contributed by atoms with E-state index >= 15 is 0 Å². The first-order valence-corrected chi connectivity index (χ1v) is 5.84. The van der Waals surface area contributed by atoms with E-state index in [9.17, 15) is 9.59 Å². The molecule has 7 heteroatoms. The number of esters is 1.